The van der Waals surface area contributed by atoms with Crippen molar-refractivity contribution in [2.24, 2.45) is 0 Å². The zero-order valence-corrected chi connectivity index (χ0v) is 14.4. The minimum Gasteiger partial charge on any atom is -0.320 e. The Kier molecular flexibility index (Phi) is 4.51. The third-order valence-electron chi connectivity index (χ3n) is 5.11. The van der Waals surface area contributed by atoms with E-state index >= 15 is 0 Å². The second-order valence-corrected chi connectivity index (χ2v) is 6.83. The standard InChI is InChI=1S/C21H23N3O/c25-21(22-20-13-6-9-17-8-4-5-12-19(17)20)16-23-14-7-15-24(23)18-10-2-1-3-11-18/h4-9,12-15,18H,1-3,10-11,16H2/p+1. The fourth-order valence-electron chi connectivity index (χ4n) is 3.87. The summed E-state index contributed by atoms with van der Waals surface area (Å²) in [5.41, 5.74) is 0.875. The molecule has 0 spiro atoms. The van der Waals surface area contributed by atoms with E-state index in [0.717, 1.165) is 16.5 Å². The Hall–Kier alpha value is -2.62. The summed E-state index contributed by atoms with van der Waals surface area (Å²) in [6.07, 6.45) is 10.4. The third kappa shape index (κ3) is 3.43. The Morgan fingerprint density at radius 3 is 2.72 bits per heavy atom. The predicted molar refractivity (Wildman–Crippen MR) is 99.3 cm³/mol. The van der Waals surface area contributed by atoms with Gasteiger partial charge in [-0.3, -0.25) is 4.79 Å². The second-order valence-electron chi connectivity index (χ2n) is 6.83. The highest BCUT2D eigenvalue weighted by atomic mass is 16.2. The lowest BCUT2D eigenvalue weighted by atomic mass is 9.96. The van der Waals surface area contributed by atoms with E-state index in [-0.39, 0.29) is 5.91 Å². The van der Waals surface area contributed by atoms with Crippen molar-refractivity contribution >= 4 is 22.4 Å². The van der Waals surface area contributed by atoms with Crippen LogP contribution in [0.2, 0.25) is 0 Å². The largest absolute Gasteiger partial charge is 0.320 e. The third-order valence-corrected chi connectivity index (χ3v) is 5.11. The number of anilines is 1. The molecule has 1 saturated carbocycles. The van der Waals surface area contributed by atoms with Crippen LogP contribution in [0.3, 0.4) is 0 Å². The van der Waals surface area contributed by atoms with Crippen LogP contribution in [0.5, 0.6) is 0 Å². The van der Waals surface area contributed by atoms with Crippen LogP contribution >= 0.6 is 0 Å². The van der Waals surface area contributed by atoms with Crippen molar-refractivity contribution in [2.75, 3.05) is 5.32 Å². The lowest BCUT2D eigenvalue weighted by Crippen LogP contribution is -2.48. The highest BCUT2D eigenvalue weighted by Gasteiger charge is 2.23. The molecule has 2 aromatic carbocycles. The maximum absolute atomic E-state index is 12.6. The number of hydrogen-bond acceptors (Lipinski definition) is 1. The number of amides is 1. The van der Waals surface area contributed by atoms with E-state index in [2.05, 4.69) is 28.3 Å². The number of hydrogen-bond donors (Lipinski definition) is 1. The smallest absolute Gasteiger partial charge is 0.292 e. The van der Waals surface area contributed by atoms with E-state index in [1.807, 2.05) is 47.3 Å². The lowest BCUT2D eigenvalue weighted by molar-refractivity contribution is -0.767. The van der Waals surface area contributed by atoms with Gasteiger partial charge in [0.1, 0.15) is 0 Å². The maximum atomic E-state index is 12.6. The van der Waals surface area contributed by atoms with Gasteiger partial charge in [0.25, 0.3) is 5.91 Å². The SMILES string of the molecule is O=C(C[n+]1cccn1C1CCCCC1)Nc1cccc2ccccc12. The molecule has 0 unspecified atom stereocenters. The van der Waals surface area contributed by atoms with Gasteiger partial charge >= 0.3 is 0 Å². The molecule has 4 rings (SSSR count). The van der Waals surface area contributed by atoms with Crippen LogP contribution in [-0.2, 0) is 11.3 Å². The molecule has 0 atom stereocenters. The van der Waals surface area contributed by atoms with Gasteiger partial charge < -0.3 is 5.32 Å². The number of aromatic nitrogens is 2. The number of benzene rings is 2. The topological polar surface area (TPSA) is 37.9 Å². The summed E-state index contributed by atoms with van der Waals surface area (Å²) in [6, 6.07) is 16.7. The molecule has 25 heavy (non-hydrogen) atoms. The van der Waals surface area contributed by atoms with Gasteiger partial charge in [-0.1, -0.05) is 55.7 Å². The van der Waals surface area contributed by atoms with Gasteiger partial charge in [-0.25, -0.2) is 0 Å². The van der Waals surface area contributed by atoms with Crippen molar-refractivity contribution in [3.63, 3.8) is 0 Å². The number of carbonyl (C=O) groups excluding carboxylic acids is 1. The minimum atomic E-state index is 0.0112. The molecule has 0 saturated heterocycles. The first-order valence-electron chi connectivity index (χ1n) is 9.15. The van der Waals surface area contributed by atoms with Gasteiger partial charge in [0, 0.05) is 17.1 Å². The van der Waals surface area contributed by atoms with Crippen LogP contribution in [0.15, 0.2) is 60.9 Å². The van der Waals surface area contributed by atoms with Crippen molar-refractivity contribution in [1.29, 1.82) is 0 Å². The molecule has 1 N–H and O–H groups in total. The first-order valence-corrected chi connectivity index (χ1v) is 9.15. The first-order chi connectivity index (χ1) is 12.3. The van der Waals surface area contributed by atoms with Gasteiger partial charge in [0.05, 0.1) is 12.2 Å². The number of rotatable bonds is 4. The summed E-state index contributed by atoms with van der Waals surface area (Å²) >= 11 is 0. The molecule has 4 nitrogen and oxygen atoms in total. The average Bonchev–Trinajstić information content (AvgIpc) is 3.11. The molecule has 1 fully saturated rings. The molecule has 4 heteroatoms. The molecule has 0 aliphatic heterocycles. The summed E-state index contributed by atoms with van der Waals surface area (Å²) in [7, 11) is 0. The van der Waals surface area contributed by atoms with E-state index in [9.17, 15) is 4.79 Å². The van der Waals surface area contributed by atoms with E-state index in [4.69, 9.17) is 0 Å². The van der Waals surface area contributed by atoms with Crippen molar-refractivity contribution in [3.8, 4) is 0 Å². The van der Waals surface area contributed by atoms with Crippen LogP contribution in [-0.4, -0.2) is 10.6 Å². The Morgan fingerprint density at radius 2 is 1.84 bits per heavy atom. The Bertz CT molecular complexity index is 872. The molecular weight excluding hydrogens is 310 g/mol. The summed E-state index contributed by atoms with van der Waals surface area (Å²) < 4.78 is 4.28. The number of nitrogens with one attached hydrogen (secondary N) is 1. The van der Waals surface area contributed by atoms with Gasteiger partial charge in [0.2, 0.25) is 6.54 Å². The van der Waals surface area contributed by atoms with Crippen molar-refractivity contribution in [2.45, 2.75) is 44.7 Å². The molecule has 1 aliphatic rings. The second kappa shape index (κ2) is 7.09. The Labute approximate surface area is 148 Å². The molecule has 0 bridgehead atoms. The minimum absolute atomic E-state index is 0.0112. The molecule has 3 aromatic rings. The number of carbonyl (C=O) groups is 1. The van der Waals surface area contributed by atoms with Gasteiger partial charge in [-0.15, -0.1) is 4.68 Å². The van der Waals surface area contributed by atoms with E-state index in [0.29, 0.717) is 12.6 Å². The highest BCUT2D eigenvalue weighted by Crippen LogP contribution is 2.27. The Morgan fingerprint density at radius 1 is 1.04 bits per heavy atom. The predicted octanol–water partition coefficient (Wildman–Crippen LogP) is 4.07. The van der Waals surface area contributed by atoms with E-state index in [1.165, 1.54) is 32.1 Å². The zero-order chi connectivity index (χ0) is 17.1. The van der Waals surface area contributed by atoms with E-state index < -0.39 is 0 Å². The molecule has 1 amide bonds. The van der Waals surface area contributed by atoms with Gasteiger partial charge in [0.15, 0.2) is 6.20 Å². The highest BCUT2D eigenvalue weighted by molar-refractivity contribution is 6.01. The average molecular weight is 334 g/mol. The molecule has 0 radical (unpaired) electrons. The zero-order valence-electron chi connectivity index (χ0n) is 14.4. The summed E-state index contributed by atoms with van der Waals surface area (Å²) in [5.74, 6) is 0.0112. The fraction of sp³-hybridized carbons (Fsp3) is 0.333. The summed E-state index contributed by atoms with van der Waals surface area (Å²) in [4.78, 5) is 12.6. The molecule has 128 valence electrons. The number of nitrogens with zero attached hydrogens (tertiary/aromatic N) is 2. The molecule has 1 aliphatic carbocycles. The van der Waals surface area contributed by atoms with Crippen molar-refractivity contribution in [1.82, 2.24) is 4.68 Å². The lowest BCUT2D eigenvalue weighted by Gasteiger charge is -2.20. The number of fused-ring (bicyclic) bond motifs is 1. The van der Waals surface area contributed by atoms with Crippen LogP contribution in [0.4, 0.5) is 5.69 Å². The van der Waals surface area contributed by atoms with Crippen molar-refractivity contribution in [3.05, 3.63) is 60.9 Å². The summed E-state index contributed by atoms with van der Waals surface area (Å²) in [5, 5.41) is 5.29. The van der Waals surface area contributed by atoms with E-state index in [1.54, 1.807) is 0 Å². The Balaban J connectivity index is 1.50. The molecular formula is C21H24N3O+. The molecule has 1 heterocycles. The van der Waals surface area contributed by atoms with Crippen LogP contribution in [0, 0.1) is 0 Å². The quantitative estimate of drug-likeness (QED) is 0.718. The van der Waals surface area contributed by atoms with Crippen molar-refractivity contribution < 1.29 is 9.48 Å². The van der Waals surface area contributed by atoms with Crippen LogP contribution < -0.4 is 10.00 Å². The molecule has 1 aromatic heterocycles. The van der Waals surface area contributed by atoms with Crippen LogP contribution in [0.1, 0.15) is 38.1 Å². The van der Waals surface area contributed by atoms with Crippen LogP contribution in [0.25, 0.3) is 10.8 Å². The summed E-state index contributed by atoms with van der Waals surface area (Å²) in [6.45, 7) is 0.340. The van der Waals surface area contributed by atoms with Gasteiger partial charge in [-0.2, -0.15) is 4.68 Å². The maximum Gasteiger partial charge on any atom is 0.292 e. The fourth-order valence-corrected chi connectivity index (χ4v) is 3.87. The normalized spacial score (nSPS) is 15.4. The monoisotopic (exact) mass is 334 g/mol. The van der Waals surface area contributed by atoms with Gasteiger partial charge in [-0.05, 0) is 24.3 Å². The first kappa shape index (κ1) is 15.9.